The summed E-state index contributed by atoms with van der Waals surface area (Å²) >= 11 is 0. The number of nitrogens with zero attached hydrogens (tertiary/aromatic N) is 4. The van der Waals surface area contributed by atoms with Gasteiger partial charge in [0.25, 0.3) is 11.5 Å². The summed E-state index contributed by atoms with van der Waals surface area (Å²) < 4.78 is 1.26. The molecule has 0 bridgehead atoms. The highest BCUT2D eigenvalue weighted by Crippen LogP contribution is 2.30. The van der Waals surface area contributed by atoms with Crippen molar-refractivity contribution >= 4 is 40.0 Å². The van der Waals surface area contributed by atoms with Gasteiger partial charge in [-0.25, -0.2) is 4.68 Å². The van der Waals surface area contributed by atoms with Crippen LogP contribution in [-0.2, 0) is 16.1 Å². The number of carbonyl (C=O) groups is 3. The second-order valence-electron chi connectivity index (χ2n) is 8.19. The van der Waals surface area contributed by atoms with Gasteiger partial charge >= 0.3 is 0 Å². The van der Waals surface area contributed by atoms with Crippen molar-refractivity contribution in [2.75, 3.05) is 17.2 Å². The first kappa shape index (κ1) is 20.8. The van der Waals surface area contributed by atoms with Crippen LogP contribution in [0.15, 0.2) is 47.3 Å². The molecule has 1 aromatic heterocycles. The third-order valence-corrected chi connectivity index (χ3v) is 6.01. The van der Waals surface area contributed by atoms with Gasteiger partial charge in [-0.1, -0.05) is 17.3 Å². The molecule has 2 aliphatic heterocycles. The molecule has 1 fully saturated rings. The minimum Gasteiger partial charge on any atom is -0.327 e. The van der Waals surface area contributed by atoms with Crippen molar-refractivity contribution in [3.8, 4) is 0 Å². The highest BCUT2D eigenvalue weighted by atomic mass is 16.2. The molecular formula is C23H22N6O4. The molecule has 168 valence electrons. The zero-order valence-corrected chi connectivity index (χ0v) is 17.8. The van der Waals surface area contributed by atoms with Gasteiger partial charge in [0.2, 0.25) is 11.8 Å². The number of amides is 3. The van der Waals surface area contributed by atoms with Gasteiger partial charge in [-0.05, 0) is 49.6 Å². The Morgan fingerprint density at radius 2 is 2.00 bits per heavy atom. The molecule has 0 radical (unpaired) electrons. The van der Waals surface area contributed by atoms with Crippen LogP contribution in [0, 0.1) is 0 Å². The molecule has 33 heavy (non-hydrogen) atoms. The van der Waals surface area contributed by atoms with E-state index < -0.39 is 6.04 Å². The van der Waals surface area contributed by atoms with Crippen LogP contribution in [0.3, 0.4) is 0 Å². The molecule has 0 unspecified atom stereocenters. The Kier molecular flexibility index (Phi) is 5.33. The summed E-state index contributed by atoms with van der Waals surface area (Å²) in [6.07, 6.45) is 2.01. The molecule has 3 amide bonds. The molecule has 1 saturated heterocycles. The SMILES string of the molecule is O=C(CCCn1nnc2ccccc2c1=O)Nc1ccc2c(c1)C(=O)N1CCC[C@H]1C(=O)N2. The van der Waals surface area contributed by atoms with E-state index in [-0.39, 0.29) is 36.2 Å². The molecule has 0 saturated carbocycles. The largest absolute Gasteiger partial charge is 0.327 e. The van der Waals surface area contributed by atoms with Gasteiger partial charge in [-0.3, -0.25) is 19.2 Å². The smallest absolute Gasteiger partial charge is 0.277 e. The number of fused-ring (bicyclic) bond motifs is 3. The standard InChI is InChI=1S/C23H22N6O4/c30-20(8-4-12-29-23(33)15-5-1-2-6-18(15)26-27-29)24-14-9-10-17-16(13-14)22(32)28-11-3-7-19(28)21(31)25-17/h1-2,5-6,9-10,13,19H,3-4,7-8,11-12H2,(H,24,30)(H,25,31)/t19-/m0/s1. The Hall–Kier alpha value is -4.08. The Labute approximate surface area is 188 Å². The van der Waals surface area contributed by atoms with Crippen molar-refractivity contribution in [3.63, 3.8) is 0 Å². The van der Waals surface area contributed by atoms with Crippen LogP contribution >= 0.6 is 0 Å². The van der Waals surface area contributed by atoms with Crippen molar-refractivity contribution in [2.24, 2.45) is 0 Å². The summed E-state index contributed by atoms with van der Waals surface area (Å²) in [5, 5.41) is 14.1. The summed E-state index contributed by atoms with van der Waals surface area (Å²) in [6, 6.07) is 11.4. The zero-order chi connectivity index (χ0) is 22.9. The van der Waals surface area contributed by atoms with E-state index in [1.807, 2.05) is 0 Å². The number of benzene rings is 2. The van der Waals surface area contributed by atoms with Crippen molar-refractivity contribution in [3.05, 3.63) is 58.4 Å². The number of nitrogens with one attached hydrogen (secondary N) is 2. The number of rotatable bonds is 5. The van der Waals surface area contributed by atoms with E-state index in [0.29, 0.717) is 47.2 Å². The van der Waals surface area contributed by atoms with E-state index in [1.165, 1.54) is 4.68 Å². The van der Waals surface area contributed by atoms with Gasteiger partial charge in [-0.15, -0.1) is 5.10 Å². The molecule has 1 atom stereocenters. The Bertz CT molecular complexity index is 1330. The third kappa shape index (κ3) is 3.95. The molecule has 0 spiro atoms. The topological polar surface area (TPSA) is 126 Å². The maximum Gasteiger partial charge on any atom is 0.277 e. The van der Waals surface area contributed by atoms with Crippen LogP contribution in [-0.4, -0.2) is 50.2 Å². The molecule has 0 aliphatic carbocycles. The van der Waals surface area contributed by atoms with Crippen LogP contribution in [0.2, 0.25) is 0 Å². The summed E-state index contributed by atoms with van der Waals surface area (Å²) in [6.45, 7) is 0.805. The number of anilines is 2. The van der Waals surface area contributed by atoms with Crippen molar-refractivity contribution in [2.45, 2.75) is 38.3 Å². The zero-order valence-electron chi connectivity index (χ0n) is 17.8. The minimum atomic E-state index is -0.440. The lowest BCUT2D eigenvalue weighted by Gasteiger charge is -2.20. The predicted octanol–water partition coefficient (Wildman–Crippen LogP) is 1.77. The molecule has 10 nitrogen and oxygen atoms in total. The van der Waals surface area contributed by atoms with Crippen molar-refractivity contribution < 1.29 is 14.4 Å². The lowest BCUT2D eigenvalue weighted by atomic mass is 10.1. The molecule has 5 rings (SSSR count). The van der Waals surface area contributed by atoms with E-state index in [1.54, 1.807) is 47.4 Å². The minimum absolute atomic E-state index is 0.164. The van der Waals surface area contributed by atoms with Crippen LogP contribution in [0.1, 0.15) is 36.0 Å². The second-order valence-corrected chi connectivity index (χ2v) is 8.19. The average molecular weight is 446 g/mol. The Morgan fingerprint density at radius 3 is 2.88 bits per heavy atom. The quantitative estimate of drug-likeness (QED) is 0.615. The molecule has 10 heteroatoms. The maximum atomic E-state index is 12.9. The summed E-state index contributed by atoms with van der Waals surface area (Å²) in [5.41, 5.74) is 1.58. The van der Waals surface area contributed by atoms with E-state index in [2.05, 4.69) is 20.9 Å². The van der Waals surface area contributed by atoms with Gasteiger partial charge in [0, 0.05) is 25.2 Å². The highest BCUT2D eigenvalue weighted by molar-refractivity contribution is 6.11. The van der Waals surface area contributed by atoms with Crippen LogP contribution in [0.25, 0.3) is 10.9 Å². The maximum absolute atomic E-state index is 12.9. The first-order valence-electron chi connectivity index (χ1n) is 10.9. The van der Waals surface area contributed by atoms with Gasteiger partial charge in [0.15, 0.2) is 0 Å². The Morgan fingerprint density at radius 1 is 1.15 bits per heavy atom. The van der Waals surface area contributed by atoms with E-state index in [4.69, 9.17) is 0 Å². The number of aromatic nitrogens is 3. The van der Waals surface area contributed by atoms with E-state index in [9.17, 15) is 19.2 Å². The van der Waals surface area contributed by atoms with Crippen LogP contribution in [0.4, 0.5) is 11.4 Å². The normalized spacial score (nSPS) is 17.3. The van der Waals surface area contributed by atoms with Gasteiger partial charge in [-0.2, -0.15) is 0 Å². The lowest BCUT2D eigenvalue weighted by Crippen LogP contribution is -2.40. The lowest BCUT2D eigenvalue weighted by molar-refractivity contribution is -0.119. The van der Waals surface area contributed by atoms with Gasteiger partial charge < -0.3 is 15.5 Å². The van der Waals surface area contributed by atoms with Gasteiger partial charge in [0.1, 0.15) is 11.6 Å². The predicted molar refractivity (Wildman–Crippen MR) is 121 cm³/mol. The molecule has 2 aromatic carbocycles. The molecular weight excluding hydrogens is 424 g/mol. The summed E-state index contributed by atoms with van der Waals surface area (Å²) in [4.78, 5) is 51.9. The highest BCUT2D eigenvalue weighted by Gasteiger charge is 2.38. The van der Waals surface area contributed by atoms with E-state index >= 15 is 0 Å². The fourth-order valence-corrected chi connectivity index (χ4v) is 4.34. The van der Waals surface area contributed by atoms with E-state index in [0.717, 1.165) is 6.42 Å². The average Bonchev–Trinajstić information content (AvgIpc) is 3.28. The fourth-order valence-electron chi connectivity index (χ4n) is 4.34. The molecule has 3 heterocycles. The van der Waals surface area contributed by atoms with Crippen LogP contribution < -0.4 is 16.2 Å². The Balaban J connectivity index is 1.24. The summed E-state index contributed by atoms with van der Waals surface area (Å²) in [7, 11) is 0. The number of aryl methyl sites for hydroxylation is 1. The van der Waals surface area contributed by atoms with Crippen molar-refractivity contribution in [1.29, 1.82) is 0 Å². The number of carbonyl (C=O) groups excluding carboxylic acids is 3. The fraction of sp³-hybridized carbons (Fsp3) is 0.304. The molecule has 2 N–H and O–H groups in total. The first-order valence-corrected chi connectivity index (χ1v) is 10.9. The third-order valence-electron chi connectivity index (χ3n) is 6.01. The molecule has 3 aromatic rings. The molecule has 2 aliphatic rings. The van der Waals surface area contributed by atoms with Gasteiger partial charge in [0.05, 0.1) is 16.6 Å². The number of hydrogen-bond acceptors (Lipinski definition) is 6. The van der Waals surface area contributed by atoms with Crippen LogP contribution in [0.5, 0.6) is 0 Å². The number of hydrogen-bond donors (Lipinski definition) is 2. The van der Waals surface area contributed by atoms with Crippen molar-refractivity contribution in [1.82, 2.24) is 19.9 Å². The second kappa shape index (κ2) is 8.45. The monoisotopic (exact) mass is 446 g/mol. The summed E-state index contributed by atoms with van der Waals surface area (Å²) in [5.74, 6) is -0.638. The first-order chi connectivity index (χ1) is 16.0.